The average Bonchev–Trinajstić information content (AvgIpc) is 2.73. The summed E-state index contributed by atoms with van der Waals surface area (Å²) in [5.74, 6) is 2.84. The second-order valence-corrected chi connectivity index (χ2v) is 6.54. The third-order valence-electron chi connectivity index (χ3n) is 4.58. The first kappa shape index (κ1) is 17.4. The maximum absolute atomic E-state index is 12.2. The van der Waals surface area contributed by atoms with Crippen LogP contribution in [0.25, 0.3) is 0 Å². The van der Waals surface area contributed by atoms with E-state index >= 15 is 0 Å². The second kappa shape index (κ2) is 8.11. The Hall–Kier alpha value is -3.03. The maximum Gasteiger partial charge on any atom is 0.319 e. The van der Waals surface area contributed by atoms with Crippen molar-refractivity contribution in [2.24, 2.45) is 0 Å². The van der Waals surface area contributed by atoms with Crippen LogP contribution in [0.1, 0.15) is 25.1 Å². The molecule has 2 aliphatic heterocycles. The zero-order chi connectivity index (χ0) is 18.5. The number of nitrogens with one attached hydrogen (secondary N) is 2. The molecule has 0 radical (unpaired) electrons. The Morgan fingerprint density at radius 1 is 1.07 bits per heavy atom. The van der Waals surface area contributed by atoms with Gasteiger partial charge in [0.15, 0.2) is 11.5 Å². The fraction of sp³-hybridized carbons (Fsp3) is 0.421. The molecule has 0 saturated carbocycles. The van der Waals surface area contributed by atoms with Gasteiger partial charge in [-0.15, -0.1) is 0 Å². The van der Waals surface area contributed by atoms with Gasteiger partial charge >= 0.3 is 6.03 Å². The van der Waals surface area contributed by atoms with E-state index in [1.54, 1.807) is 24.4 Å². The van der Waals surface area contributed by atoms with Crippen LogP contribution >= 0.6 is 0 Å². The third kappa shape index (κ3) is 4.39. The Labute approximate surface area is 157 Å². The third-order valence-corrected chi connectivity index (χ3v) is 4.58. The lowest BCUT2D eigenvalue weighted by atomic mass is 10.1. The molecule has 0 atom stereocenters. The number of ether oxygens (including phenoxy) is 2. The predicted molar refractivity (Wildman–Crippen MR) is 101 cm³/mol. The summed E-state index contributed by atoms with van der Waals surface area (Å²) in [7, 11) is 0. The SMILES string of the molecule is O=C(NCc1nccc(N2CCCCC2)n1)Nc1ccc2c(c1)OCCO2. The highest BCUT2D eigenvalue weighted by atomic mass is 16.6. The minimum absolute atomic E-state index is 0.262. The van der Waals surface area contributed by atoms with Crippen LogP contribution in [-0.4, -0.2) is 42.3 Å². The van der Waals surface area contributed by atoms with E-state index in [2.05, 4.69) is 25.5 Å². The van der Waals surface area contributed by atoms with Crippen molar-refractivity contribution in [3.05, 3.63) is 36.3 Å². The molecule has 2 N–H and O–H groups in total. The summed E-state index contributed by atoms with van der Waals surface area (Å²) in [4.78, 5) is 23.3. The lowest BCUT2D eigenvalue weighted by Gasteiger charge is -2.27. The van der Waals surface area contributed by atoms with Crippen LogP contribution in [-0.2, 0) is 6.54 Å². The summed E-state index contributed by atoms with van der Waals surface area (Å²) >= 11 is 0. The molecule has 8 heteroatoms. The number of carbonyl (C=O) groups excluding carboxylic acids is 1. The van der Waals surface area contributed by atoms with Crippen molar-refractivity contribution in [3.63, 3.8) is 0 Å². The molecule has 3 heterocycles. The Balaban J connectivity index is 1.32. The molecule has 1 saturated heterocycles. The maximum atomic E-state index is 12.2. The number of fused-ring (bicyclic) bond motifs is 1. The van der Waals surface area contributed by atoms with Gasteiger partial charge in [-0.05, 0) is 37.5 Å². The van der Waals surface area contributed by atoms with Crippen LogP contribution < -0.4 is 25.0 Å². The summed E-state index contributed by atoms with van der Waals surface area (Å²) in [6.45, 7) is 3.35. The van der Waals surface area contributed by atoms with E-state index in [-0.39, 0.29) is 12.6 Å². The van der Waals surface area contributed by atoms with Crippen LogP contribution in [0.15, 0.2) is 30.5 Å². The normalized spacial score (nSPS) is 15.9. The highest BCUT2D eigenvalue weighted by Gasteiger charge is 2.14. The van der Waals surface area contributed by atoms with Crippen molar-refractivity contribution in [3.8, 4) is 11.5 Å². The lowest BCUT2D eigenvalue weighted by Crippen LogP contribution is -2.31. The number of benzene rings is 1. The minimum Gasteiger partial charge on any atom is -0.486 e. The van der Waals surface area contributed by atoms with Gasteiger partial charge in [-0.2, -0.15) is 0 Å². The molecule has 2 aromatic rings. The Kier molecular flexibility index (Phi) is 5.22. The first-order chi connectivity index (χ1) is 13.3. The van der Waals surface area contributed by atoms with Gasteiger partial charge in [0, 0.05) is 31.0 Å². The number of anilines is 2. The van der Waals surface area contributed by atoms with Gasteiger partial charge in [0.05, 0.1) is 6.54 Å². The van der Waals surface area contributed by atoms with E-state index < -0.39 is 0 Å². The molecule has 1 aromatic carbocycles. The second-order valence-electron chi connectivity index (χ2n) is 6.54. The molecule has 0 aliphatic carbocycles. The summed E-state index contributed by atoms with van der Waals surface area (Å²) in [6, 6.07) is 6.92. The first-order valence-electron chi connectivity index (χ1n) is 9.29. The highest BCUT2D eigenvalue weighted by Crippen LogP contribution is 2.32. The summed E-state index contributed by atoms with van der Waals surface area (Å²) < 4.78 is 11.0. The molecule has 0 unspecified atom stereocenters. The number of piperidine rings is 1. The molecule has 2 amide bonds. The molecule has 1 fully saturated rings. The van der Waals surface area contributed by atoms with E-state index in [9.17, 15) is 4.79 Å². The number of rotatable bonds is 4. The zero-order valence-electron chi connectivity index (χ0n) is 15.1. The topological polar surface area (TPSA) is 88.6 Å². The van der Waals surface area contributed by atoms with E-state index in [0.717, 1.165) is 18.9 Å². The highest BCUT2D eigenvalue weighted by molar-refractivity contribution is 5.89. The van der Waals surface area contributed by atoms with E-state index in [1.165, 1.54) is 19.3 Å². The minimum atomic E-state index is -0.321. The van der Waals surface area contributed by atoms with Gasteiger partial charge in [0.25, 0.3) is 0 Å². The molecule has 2 aliphatic rings. The molecule has 0 spiro atoms. The molecular weight excluding hydrogens is 346 g/mol. The summed E-state index contributed by atoms with van der Waals surface area (Å²) in [5, 5.41) is 5.58. The fourth-order valence-electron chi connectivity index (χ4n) is 3.23. The number of hydrogen-bond donors (Lipinski definition) is 2. The van der Waals surface area contributed by atoms with Gasteiger partial charge in [-0.1, -0.05) is 0 Å². The van der Waals surface area contributed by atoms with Crippen molar-refractivity contribution in [1.82, 2.24) is 15.3 Å². The number of aromatic nitrogens is 2. The van der Waals surface area contributed by atoms with Crippen LogP contribution in [0.3, 0.4) is 0 Å². The van der Waals surface area contributed by atoms with Gasteiger partial charge in [0.1, 0.15) is 24.9 Å². The van der Waals surface area contributed by atoms with Gasteiger partial charge in [-0.25, -0.2) is 14.8 Å². The molecule has 142 valence electrons. The van der Waals surface area contributed by atoms with E-state index in [4.69, 9.17) is 9.47 Å². The van der Waals surface area contributed by atoms with Crippen LogP contribution in [0.2, 0.25) is 0 Å². The van der Waals surface area contributed by atoms with Crippen molar-refractivity contribution >= 4 is 17.5 Å². The largest absolute Gasteiger partial charge is 0.486 e. The van der Waals surface area contributed by atoms with E-state index in [1.807, 2.05) is 6.07 Å². The Morgan fingerprint density at radius 2 is 1.89 bits per heavy atom. The number of urea groups is 1. The van der Waals surface area contributed by atoms with Gasteiger partial charge in [0.2, 0.25) is 0 Å². The molecular formula is C19H23N5O3. The number of amides is 2. The smallest absolute Gasteiger partial charge is 0.319 e. The van der Waals surface area contributed by atoms with Crippen LogP contribution in [0.4, 0.5) is 16.3 Å². The summed E-state index contributed by atoms with van der Waals surface area (Å²) in [5.41, 5.74) is 0.639. The van der Waals surface area contributed by atoms with Crippen molar-refractivity contribution < 1.29 is 14.3 Å². The van der Waals surface area contributed by atoms with E-state index in [0.29, 0.717) is 36.2 Å². The summed E-state index contributed by atoms with van der Waals surface area (Å²) in [6.07, 6.45) is 5.40. The molecule has 8 nitrogen and oxygen atoms in total. The molecule has 27 heavy (non-hydrogen) atoms. The zero-order valence-corrected chi connectivity index (χ0v) is 15.1. The number of nitrogens with zero attached hydrogens (tertiary/aromatic N) is 3. The van der Waals surface area contributed by atoms with Crippen LogP contribution in [0, 0.1) is 0 Å². The Bertz CT molecular complexity index is 808. The molecule has 4 rings (SSSR count). The standard InChI is InChI=1S/C19H23N5O3/c25-19(22-14-4-5-15-16(12-14)27-11-10-26-15)21-13-17-20-7-6-18(23-17)24-8-2-1-3-9-24/h4-7,12H,1-3,8-11,13H2,(H2,21,22,25). The Morgan fingerprint density at radius 3 is 2.74 bits per heavy atom. The van der Waals surface area contributed by atoms with Crippen LogP contribution in [0.5, 0.6) is 11.5 Å². The molecule has 1 aromatic heterocycles. The quantitative estimate of drug-likeness (QED) is 0.861. The van der Waals surface area contributed by atoms with Gasteiger partial charge in [-0.3, -0.25) is 0 Å². The average molecular weight is 369 g/mol. The van der Waals surface area contributed by atoms with Crippen molar-refractivity contribution in [2.45, 2.75) is 25.8 Å². The van der Waals surface area contributed by atoms with Crippen molar-refractivity contribution in [1.29, 1.82) is 0 Å². The van der Waals surface area contributed by atoms with Crippen molar-refractivity contribution in [2.75, 3.05) is 36.5 Å². The predicted octanol–water partition coefficient (Wildman–Crippen LogP) is 2.56. The monoisotopic (exact) mass is 369 g/mol. The molecule has 0 bridgehead atoms. The lowest BCUT2D eigenvalue weighted by molar-refractivity contribution is 0.171. The van der Waals surface area contributed by atoms with Gasteiger partial charge < -0.3 is 25.0 Å². The number of carbonyl (C=O) groups is 1. The fourth-order valence-corrected chi connectivity index (χ4v) is 3.23. The number of hydrogen-bond acceptors (Lipinski definition) is 6. The first-order valence-corrected chi connectivity index (χ1v) is 9.29.